The number of carbonyl (C=O) groups excluding carboxylic acids is 1. The van der Waals surface area contributed by atoms with Crippen molar-refractivity contribution >= 4 is 38.5 Å². The minimum absolute atomic E-state index is 0.361. The van der Waals surface area contributed by atoms with E-state index in [-0.39, 0.29) is 0 Å². The second-order valence-corrected chi connectivity index (χ2v) is 4.34. The first-order valence-electron chi connectivity index (χ1n) is 5.33. The van der Waals surface area contributed by atoms with Gasteiger partial charge in [0, 0.05) is 9.86 Å². The minimum Gasteiger partial charge on any atom is -0.450 e. The zero-order valence-electron chi connectivity index (χ0n) is 9.37. The summed E-state index contributed by atoms with van der Waals surface area (Å²) >= 11 is 3.48. The molecule has 2 rings (SSSR count). The number of hydrogen-bond acceptors (Lipinski definition) is 2. The molecule has 0 aromatic heterocycles. The molecule has 0 bridgehead atoms. The van der Waals surface area contributed by atoms with E-state index in [9.17, 15) is 4.79 Å². The van der Waals surface area contributed by atoms with Gasteiger partial charge in [0.05, 0.1) is 12.3 Å². The Hall–Kier alpha value is -1.55. The zero-order chi connectivity index (χ0) is 12.3. The molecule has 2 aromatic rings. The van der Waals surface area contributed by atoms with E-state index in [1.807, 2.05) is 36.4 Å². The summed E-state index contributed by atoms with van der Waals surface area (Å²) in [5, 5.41) is 4.77. The molecule has 1 N–H and O–H groups in total. The van der Waals surface area contributed by atoms with Gasteiger partial charge in [0.2, 0.25) is 0 Å². The lowest BCUT2D eigenvalue weighted by molar-refractivity contribution is 0.168. The summed E-state index contributed by atoms with van der Waals surface area (Å²) in [6.07, 6.45) is -0.431. The van der Waals surface area contributed by atoms with Gasteiger partial charge in [0.1, 0.15) is 0 Å². The molecule has 0 aliphatic heterocycles. The molecular formula is C13H12BrNO2. The Bertz CT molecular complexity index is 554. The van der Waals surface area contributed by atoms with E-state index in [1.54, 1.807) is 6.92 Å². The Morgan fingerprint density at radius 1 is 1.24 bits per heavy atom. The molecule has 4 heteroatoms. The maximum absolute atomic E-state index is 11.4. The van der Waals surface area contributed by atoms with Crippen LogP contribution < -0.4 is 5.32 Å². The Morgan fingerprint density at radius 2 is 1.94 bits per heavy atom. The Labute approximate surface area is 108 Å². The Morgan fingerprint density at radius 3 is 2.65 bits per heavy atom. The quantitative estimate of drug-likeness (QED) is 0.902. The van der Waals surface area contributed by atoms with Crippen molar-refractivity contribution in [2.45, 2.75) is 6.92 Å². The summed E-state index contributed by atoms with van der Waals surface area (Å²) < 4.78 is 5.87. The first kappa shape index (κ1) is 11.9. The number of ether oxygens (including phenoxy) is 1. The molecule has 2 aromatic carbocycles. The first-order chi connectivity index (χ1) is 8.22. The number of nitrogens with one attached hydrogen (secondary N) is 1. The zero-order valence-corrected chi connectivity index (χ0v) is 11.0. The Balaban J connectivity index is 2.41. The van der Waals surface area contributed by atoms with Gasteiger partial charge in [-0.3, -0.25) is 5.32 Å². The van der Waals surface area contributed by atoms with Crippen LogP contribution in [0.15, 0.2) is 40.9 Å². The monoisotopic (exact) mass is 293 g/mol. The molecule has 1 amide bonds. The molecule has 0 atom stereocenters. The number of benzene rings is 2. The van der Waals surface area contributed by atoms with Crippen molar-refractivity contribution in [2.75, 3.05) is 11.9 Å². The predicted octanol–water partition coefficient (Wildman–Crippen LogP) is 4.17. The molecule has 17 heavy (non-hydrogen) atoms. The van der Waals surface area contributed by atoms with Crippen molar-refractivity contribution in [3.8, 4) is 0 Å². The second-order valence-electron chi connectivity index (χ2n) is 3.49. The van der Waals surface area contributed by atoms with Crippen LogP contribution in [0.5, 0.6) is 0 Å². The molecule has 0 fully saturated rings. The number of hydrogen-bond donors (Lipinski definition) is 1. The van der Waals surface area contributed by atoms with Gasteiger partial charge in [-0.1, -0.05) is 40.2 Å². The number of rotatable bonds is 2. The van der Waals surface area contributed by atoms with Gasteiger partial charge in [-0.05, 0) is 24.4 Å². The number of carbonyl (C=O) groups is 1. The van der Waals surface area contributed by atoms with Crippen LogP contribution in [0.4, 0.5) is 10.5 Å². The van der Waals surface area contributed by atoms with Crippen molar-refractivity contribution in [3.63, 3.8) is 0 Å². The maximum Gasteiger partial charge on any atom is 0.411 e. The van der Waals surface area contributed by atoms with Crippen molar-refractivity contribution in [1.82, 2.24) is 0 Å². The summed E-state index contributed by atoms with van der Waals surface area (Å²) in [5.74, 6) is 0. The highest BCUT2D eigenvalue weighted by Gasteiger charge is 2.07. The van der Waals surface area contributed by atoms with Gasteiger partial charge in [-0.15, -0.1) is 0 Å². The molecule has 3 nitrogen and oxygen atoms in total. The summed E-state index contributed by atoms with van der Waals surface area (Å²) in [6.45, 7) is 2.14. The molecular weight excluding hydrogens is 282 g/mol. The lowest BCUT2D eigenvalue weighted by atomic mass is 10.1. The van der Waals surface area contributed by atoms with Crippen molar-refractivity contribution in [2.24, 2.45) is 0 Å². The highest BCUT2D eigenvalue weighted by atomic mass is 79.9. The van der Waals surface area contributed by atoms with E-state index in [4.69, 9.17) is 4.74 Å². The average Bonchev–Trinajstić information content (AvgIpc) is 2.34. The van der Waals surface area contributed by atoms with Crippen LogP contribution in [0.3, 0.4) is 0 Å². The minimum atomic E-state index is -0.431. The predicted molar refractivity (Wildman–Crippen MR) is 72.3 cm³/mol. The van der Waals surface area contributed by atoms with Gasteiger partial charge in [-0.25, -0.2) is 4.79 Å². The van der Waals surface area contributed by atoms with Gasteiger partial charge in [0.25, 0.3) is 0 Å². The molecule has 0 saturated heterocycles. The molecule has 0 aliphatic rings. The van der Waals surface area contributed by atoms with Gasteiger partial charge >= 0.3 is 6.09 Å². The van der Waals surface area contributed by atoms with Crippen molar-refractivity contribution < 1.29 is 9.53 Å². The van der Waals surface area contributed by atoms with Crippen LogP contribution in [0.1, 0.15) is 6.92 Å². The highest BCUT2D eigenvalue weighted by Crippen LogP contribution is 2.29. The topological polar surface area (TPSA) is 38.3 Å². The fourth-order valence-electron chi connectivity index (χ4n) is 1.65. The van der Waals surface area contributed by atoms with E-state index >= 15 is 0 Å². The fourth-order valence-corrected chi connectivity index (χ4v) is 2.13. The molecule has 0 heterocycles. The molecule has 0 aliphatic carbocycles. The third kappa shape index (κ3) is 2.58. The van der Waals surface area contributed by atoms with Crippen LogP contribution in [0, 0.1) is 0 Å². The number of halogens is 1. The SMILES string of the molecule is CCOC(=O)Nc1ccc(Br)c2ccccc12. The molecule has 88 valence electrons. The lowest BCUT2D eigenvalue weighted by Crippen LogP contribution is -2.13. The van der Waals surface area contributed by atoms with E-state index < -0.39 is 6.09 Å². The van der Waals surface area contributed by atoms with E-state index in [0.29, 0.717) is 6.61 Å². The number of fused-ring (bicyclic) bond motifs is 1. The largest absolute Gasteiger partial charge is 0.450 e. The number of amides is 1. The fraction of sp³-hybridized carbons (Fsp3) is 0.154. The third-order valence-corrected chi connectivity index (χ3v) is 3.07. The Kier molecular flexibility index (Phi) is 3.64. The van der Waals surface area contributed by atoms with Gasteiger partial charge in [0.15, 0.2) is 0 Å². The number of anilines is 1. The van der Waals surface area contributed by atoms with Crippen molar-refractivity contribution in [3.05, 3.63) is 40.9 Å². The van der Waals surface area contributed by atoms with Crippen LogP contribution in [-0.4, -0.2) is 12.7 Å². The highest BCUT2D eigenvalue weighted by molar-refractivity contribution is 9.10. The maximum atomic E-state index is 11.4. The normalized spacial score (nSPS) is 10.2. The summed E-state index contributed by atoms with van der Waals surface area (Å²) in [5.41, 5.74) is 0.752. The standard InChI is InChI=1S/C13H12BrNO2/c1-2-17-13(16)15-12-8-7-11(14)9-5-3-4-6-10(9)12/h3-8H,2H2,1H3,(H,15,16). The lowest BCUT2D eigenvalue weighted by Gasteiger charge is -2.09. The third-order valence-electron chi connectivity index (χ3n) is 2.38. The van der Waals surface area contributed by atoms with Crippen LogP contribution in [0.2, 0.25) is 0 Å². The average molecular weight is 294 g/mol. The molecule has 0 unspecified atom stereocenters. The van der Waals surface area contributed by atoms with E-state index in [2.05, 4.69) is 21.2 Å². The summed E-state index contributed by atoms with van der Waals surface area (Å²) in [4.78, 5) is 11.4. The van der Waals surface area contributed by atoms with Crippen LogP contribution >= 0.6 is 15.9 Å². The smallest absolute Gasteiger partial charge is 0.411 e. The molecule has 0 saturated carbocycles. The first-order valence-corrected chi connectivity index (χ1v) is 6.12. The van der Waals surface area contributed by atoms with Crippen LogP contribution in [-0.2, 0) is 4.74 Å². The van der Waals surface area contributed by atoms with Crippen molar-refractivity contribution in [1.29, 1.82) is 0 Å². The summed E-state index contributed by atoms with van der Waals surface area (Å²) in [6, 6.07) is 11.6. The molecule has 0 spiro atoms. The van der Waals surface area contributed by atoms with E-state index in [0.717, 1.165) is 20.9 Å². The summed E-state index contributed by atoms with van der Waals surface area (Å²) in [7, 11) is 0. The van der Waals surface area contributed by atoms with Gasteiger partial charge < -0.3 is 4.74 Å². The van der Waals surface area contributed by atoms with E-state index in [1.165, 1.54) is 0 Å². The van der Waals surface area contributed by atoms with Gasteiger partial charge in [-0.2, -0.15) is 0 Å². The molecule has 0 radical (unpaired) electrons. The second kappa shape index (κ2) is 5.19. The van der Waals surface area contributed by atoms with Crippen LogP contribution in [0.25, 0.3) is 10.8 Å².